The number of nitrogens with one attached hydrogen (secondary N) is 1. The predicted octanol–water partition coefficient (Wildman–Crippen LogP) is 2.04. The van der Waals surface area contributed by atoms with Crippen LogP contribution in [0.5, 0.6) is 5.75 Å². The Labute approximate surface area is 172 Å². The highest BCUT2D eigenvalue weighted by Gasteiger charge is 2.41. The van der Waals surface area contributed by atoms with Crippen LogP contribution in [0.25, 0.3) is 0 Å². The number of ether oxygens (including phenoxy) is 1. The number of nitrogens with two attached hydrogens (primary N) is 1. The second kappa shape index (κ2) is 9.00. The number of carbonyl (C=O) groups excluding carboxylic acids is 1. The van der Waals surface area contributed by atoms with E-state index in [1.54, 1.807) is 13.0 Å². The van der Waals surface area contributed by atoms with E-state index in [0.29, 0.717) is 41.2 Å². The minimum Gasteiger partial charge on any atom is -0.493 e. The molecule has 1 aliphatic carbocycles. The maximum atomic E-state index is 12.9. The number of hydrogen-bond donors (Lipinski definition) is 3. The number of carbonyl (C=O) groups is 1. The van der Waals surface area contributed by atoms with Crippen molar-refractivity contribution >= 4 is 28.4 Å². The number of rotatable bonds is 9. The molecule has 3 rings (SSSR count). The van der Waals surface area contributed by atoms with Crippen LogP contribution < -0.4 is 21.4 Å². The predicted molar refractivity (Wildman–Crippen MR) is 111 cm³/mol. The summed E-state index contributed by atoms with van der Waals surface area (Å²) in [7, 11) is 0. The summed E-state index contributed by atoms with van der Waals surface area (Å²) in [6.07, 6.45) is 3.58. The first kappa shape index (κ1) is 21.4. The zero-order chi connectivity index (χ0) is 21.0. The lowest BCUT2D eigenvalue weighted by Crippen LogP contribution is -2.54. The normalized spacial score (nSPS) is 22.9. The van der Waals surface area contributed by atoms with Crippen molar-refractivity contribution < 1.29 is 19.2 Å². The summed E-state index contributed by atoms with van der Waals surface area (Å²) in [4.78, 5) is 29.1. The molecule has 1 aromatic heterocycles. The molecule has 9 nitrogen and oxygen atoms in total. The summed E-state index contributed by atoms with van der Waals surface area (Å²) in [6, 6.07) is 2.42. The van der Waals surface area contributed by atoms with E-state index < -0.39 is 23.2 Å². The molecule has 10 heteroatoms. The maximum absolute atomic E-state index is 12.9. The monoisotopic (exact) mass is 422 g/mol. The highest BCUT2D eigenvalue weighted by Crippen LogP contribution is 2.30. The average Bonchev–Trinajstić information content (AvgIpc) is 3.44. The number of oxime groups is 1. The smallest absolute Gasteiger partial charge is 0.339 e. The van der Waals surface area contributed by atoms with Gasteiger partial charge in [0.2, 0.25) is 0 Å². The van der Waals surface area contributed by atoms with Gasteiger partial charge in [0.25, 0.3) is 5.91 Å². The van der Waals surface area contributed by atoms with Gasteiger partial charge in [-0.1, -0.05) is 18.5 Å². The minimum absolute atomic E-state index is 0.217. The van der Waals surface area contributed by atoms with Gasteiger partial charge in [-0.15, -0.1) is 11.8 Å². The summed E-state index contributed by atoms with van der Waals surface area (Å²) >= 11 is 1.25. The highest BCUT2D eigenvalue weighted by atomic mass is 32.2. The molecule has 1 aliphatic heterocycles. The molecule has 2 atom stereocenters. The van der Waals surface area contributed by atoms with Crippen molar-refractivity contribution in [2.24, 2.45) is 21.8 Å². The fourth-order valence-corrected chi connectivity index (χ4v) is 3.88. The number of aliphatic imine (C=N–C) groups is 1. The fraction of sp³-hybridized carbons (Fsp3) is 0.579. The van der Waals surface area contributed by atoms with E-state index in [0.717, 1.165) is 19.3 Å². The van der Waals surface area contributed by atoms with E-state index in [-0.39, 0.29) is 5.75 Å². The lowest BCUT2D eigenvalue weighted by molar-refractivity contribution is -0.126. The van der Waals surface area contributed by atoms with Crippen LogP contribution in [0.3, 0.4) is 0 Å². The average molecular weight is 423 g/mol. The van der Waals surface area contributed by atoms with Gasteiger partial charge in [0.05, 0.1) is 18.7 Å². The molecule has 0 spiro atoms. The third kappa shape index (κ3) is 5.39. The Balaban J connectivity index is 1.77. The summed E-state index contributed by atoms with van der Waals surface area (Å²) in [5, 5.41) is 15.3. The Kier molecular flexibility index (Phi) is 6.63. The van der Waals surface area contributed by atoms with Crippen LogP contribution in [0.2, 0.25) is 0 Å². The minimum atomic E-state index is -1.49. The third-order valence-electron chi connectivity index (χ3n) is 4.75. The molecule has 0 radical (unpaired) electrons. The molecule has 0 saturated heterocycles. The van der Waals surface area contributed by atoms with Crippen LogP contribution in [0.4, 0.5) is 0 Å². The SMILES string of the molecule is CCC[C@@H](NC(=O)[C@]1(N)CSC(/C(C)=N/O)=N1)c1cc(OCC2CC2)cc(=O)o1. The molecule has 0 aromatic carbocycles. The molecule has 158 valence electrons. The maximum Gasteiger partial charge on any atom is 0.339 e. The molecule has 0 unspecified atom stereocenters. The van der Waals surface area contributed by atoms with Gasteiger partial charge < -0.3 is 19.7 Å². The molecule has 1 amide bonds. The van der Waals surface area contributed by atoms with E-state index in [1.807, 2.05) is 6.92 Å². The quantitative estimate of drug-likeness (QED) is 0.314. The molecule has 4 N–H and O–H groups in total. The van der Waals surface area contributed by atoms with Crippen LogP contribution in [0, 0.1) is 5.92 Å². The lowest BCUT2D eigenvalue weighted by atomic mass is 10.1. The fourth-order valence-electron chi connectivity index (χ4n) is 2.85. The van der Waals surface area contributed by atoms with E-state index >= 15 is 0 Å². The Bertz CT molecular complexity index is 880. The van der Waals surface area contributed by atoms with Gasteiger partial charge in [-0.25, -0.2) is 9.79 Å². The Morgan fingerprint density at radius 2 is 2.31 bits per heavy atom. The van der Waals surface area contributed by atoms with Gasteiger partial charge in [0.1, 0.15) is 22.3 Å². The van der Waals surface area contributed by atoms with Crippen molar-refractivity contribution in [2.75, 3.05) is 12.4 Å². The zero-order valence-corrected chi connectivity index (χ0v) is 17.3. The molecular weight excluding hydrogens is 396 g/mol. The molecule has 1 saturated carbocycles. The third-order valence-corrected chi connectivity index (χ3v) is 6.00. The van der Waals surface area contributed by atoms with Gasteiger partial charge >= 0.3 is 5.63 Å². The summed E-state index contributed by atoms with van der Waals surface area (Å²) in [5.74, 6) is 1.04. The number of hydrogen-bond acceptors (Lipinski definition) is 9. The van der Waals surface area contributed by atoms with E-state index in [4.69, 9.17) is 20.1 Å². The van der Waals surface area contributed by atoms with Crippen molar-refractivity contribution in [1.29, 1.82) is 0 Å². The van der Waals surface area contributed by atoms with Crippen molar-refractivity contribution in [2.45, 2.75) is 51.2 Å². The first-order chi connectivity index (χ1) is 13.8. The molecule has 2 aliphatic rings. The second-order valence-corrected chi connectivity index (χ2v) is 8.36. The highest BCUT2D eigenvalue weighted by molar-refractivity contribution is 8.16. The van der Waals surface area contributed by atoms with Gasteiger partial charge in [0.15, 0.2) is 5.66 Å². The van der Waals surface area contributed by atoms with Crippen LogP contribution >= 0.6 is 11.8 Å². The molecule has 1 aromatic rings. The number of nitrogens with zero attached hydrogens (tertiary/aromatic N) is 2. The molecule has 1 fully saturated rings. The van der Waals surface area contributed by atoms with E-state index in [1.165, 1.54) is 17.8 Å². The van der Waals surface area contributed by atoms with Crippen LogP contribution in [0.1, 0.15) is 51.3 Å². The topological polar surface area (TPSA) is 140 Å². The molecule has 2 heterocycles. The van der Waals surface area contributed by atoms with Gasteiger partial charge in [0, 0.05) is 11.8 Å². The Morgan fingerprint density at radius 3 is 2.97 bits per heavy atom. The van der Waals surface area contributed by atoms with Crippen molar-refractivity contribution in [3.8, 4) is 5.75 Å². The van der Waals surface area contributed by atoms with Crippen molar-refractivity contribution in [1.82, 2.24) is 5.32 Å². The molecular formula is C19H26N4O5S. The van der Waals surface area contributed by atoms with E-state index in [2.05, 4.69) is 15.5 Å². The first-order valence-electron chi connectivity index (χ1n) is 9.64. The summed E-state index contributed by atoms with van der Waals surface area (Å²) in [5.41, 5.74) is 4.46. The van der Waals surface area contributed by atoms with Gasteiger partial charge in [-0.2, -0.15) is 0 Å². The first-order valence-corrected chi connectivity index (χ1v) is 10.6. The summed E-state index contributed by atoms with van der Waals surface area (Å²) < 4.78 is 11.0. The van der Waals surface area contributed by atoms with Gasteiger partial charge in [-0.05, 0) is 32.1 Å². The number of thioether (sulfide) groups is 1. The van der Waals surface area contributed by atoms with Crippen LogP contribution in [0.15, 0.2) is 31.5 Å². The largest absolute Gasteiger partial charge is 0.493 e. The van der Waals surface area contributed by atoms with Crippen molar-refractivity contribution in [3.05, 3.63) is 28.3 Å². The van der Waals surface area contributed by atoms with Gasteiger partial charge in [-0.3, -0.25) is 10.5 Å². The lowest BCUT2D eigenvalue weighted by Gasteiger charge is -2.24. The standard InChI is InChI=1S/C19H26N4O5S/c1-3-4-14(15-7-13(8-16(24)28-15)27-9-12-5-6-12)21-18(25)19(20)10-29-17(22-19)11(2)23-26/h7-8,12,14,26H,3-6,9-10,20H2,1-2H3,(H,21,25)/b23-11+/t14-,19+/m1/s1. The van der Waals surface area contributed by atoms with Crippen LogP contribution in [-0.2, 0) is 4.79 Å². The second-order valence-electron chi connectivity index (χ2n) is 7.40. The van der Waals surface area contributed by atoms with Crippen LogP contribution in [-0.4, -0.2) is 39.9 Å². The van der Waals surface area contributed by atoms with Crippen molar-refractivity contribution in [3.63, 3.8) is 0 Å². The Morgan fingerprint density at radius 1 is 1.55 bits per heavy atom. The number of amides is 1. The summed E-state index contributed by atoms with van der Waals surface area (Å²) in [6.45, 7) is 4.11. The Hall–Kier alpha value is -2.33. The van der Waals surface area contributed by atoms with E-state index in [9.17, 15) is 9.59 Å². The zero-order valence-electron chi connectivity index (χ0n) is 16.5. The molecule has 0 bridgehead atoms. The molecule has 29 heavy (non-hydrogen) atoms.